The summed E-state index contributed by atoms with van der Waals surface area (Å²) >= 11 is 3.42. The smallest absolute Gasteiger partial charge is 0.233 e. The molecule has 0 bridgehead atoms. The highest BCUT2D eigenvalue weighted by Gasteiger charge is 2.12. The van der Waals surface area contributed by atoms with Crippen LogP contribution in [0.2, 0.25) is 0 Å². The minimum atomic E-state index is 0.540. The van der Waals surface area contributed by atoms with Gasteiger partial charge in [0.2, 0.25) is 11.7 Å². The van der Waals surface area contributed by atoms with Gasteiger partial charge >= 0.3 is 0 Å². The van der Waals surface area contributed by atoms with Gasteiger partial charge in [-0.25, -0.2) is 4.98 Å². The molecule has 0 spiro atoms. The van der Waals surface area contributed by atoms with Crippen LogP contribution in [0.4, 0.5) is 0 Å². The summed E-state index contributed by atoms with van der Waals surface area (Å²) in [4.78, 5) is 13.2. The van der Waals surface area contributed by atoms with Crippen molar-refractivity contribution in [2.45, 2.75) is 30.4 Å². The van der Waals surface area contributed by atoms with E-state index >= 15 is 0 Å². The van der Waals surface area contributed by atoms with Crippen LogP contribution in [0.3, 0.4) is 0 Å². The van der Waals surface area contributed by atoms with E-state index in [1.54, 1.807) is 35.5 Å². The van der Waals surface area contributed by atoms with Crippen molar-refractivity contribution in [3.05, 3.63) is 76.4 Å². The number of benzene rings is 1. The summed E-state index contributed by atoms with van der Waals surface area (Å²) in [5, 5.41) is 6.10. The lowest BCUT2D eigenvalue weighted by Gasteiger charge is -2.05. The zero-order valence-corrected chi connectivity index (χ0v) is 16.7. The van der Waals surface area contributed by atoms with E-state index < -0.39 is 0 Å². The van der Waals surface area contributed by atoms with Gasteiger partial charge in [0, 0.05) is 29.1 Å². The average Bonchev–Trinajstić information content (AvgIpc) is 3.33. The minimum Gasteiger partial charge on any atom is -0.339 e. The van der Waals surface area contributed by atoms with Gasteiger partial charge in [-0.2, -0.15) is 4.98 Å². The van der Waals surface area contributed by atoms with E-state index in [-0.39, 0.29) is 0 Å². The van der Waals surface area contributed by atoms with Crippen LogP contribution in [0.5, 0.6) is 0 Å². The molecule has 136 valence electrons. The van der Waals surface area contributed by atoms with Gasteiger partial charge in [-0.05, 0) is 37.1 Å². The van der Waals surface area contributed by atoms with Crippen LogP contribution < -0.4 is 0 Å². The molecule has 4 rings (SSSR count). The summed E-state index contributed by atoms with van der Waals surface area (Å²) in [7, 11) is 0. The maximum Gasteiger partial charge on any atom is 0.233 e. The maximum atomic E-state index is 5.37. The SMILES string of the molecule is Cc1ccc(C)c(CSc2nc(Cc3nc(-c4ccncc4)no3)cs2)c1. The largest absolute Gasteiger partial charge is 0.339 e. The Morgan fingerprint density at radius 2 is 1.93 bits per heavy atom. The predicted octanol–water partition coefficient (Wildman–Crippen LogP) is 5.09. The number of pyridine rings is 1. The highest BCUT2D eigenvalue weighted by atomic mass is 32.2. The summed E-state index contributed by atoms with van der Waals surface area (Å²) in [6.45, 7) is 4.28. The molecule has 0 unspecified atom stereocenters. The molecule has 3 heterocycles. The van der Waals surface area contributed by atoms with E-state index in [0.717, 1.165) is 21.3 Å². The third-order valence-electron chi connectivity index (χ3n) is 4.13. The number of aromatic nitrogens is 4. The monoisotopic (exact) mass is 394 g/mol. The first-order valence-corrected chi connectivity index (χ1v) is 10.4. The number of aryl methyl sites for hydroxylation is 2. The van der Waals surface area contributed by atoms with E-state index in [9.17, 15) is 0 Å². The summed E-state index contributed by atoms with van der Waals surface area (Å²) in [6, 6.07) is 10.3. The molecule has 0 saturated carbocycles. The molecule has 7 heteroatoms. The average molecular weight is 395 g/mol. The van der Waals surface area contributed by atoms with Crippen molar-refractivity contribution in [3.63, 3.8) is 0 Å². The van der Waals surface area contributed by atoms with E-state index in [1.807, 2.05) is 12.1 Å². The Labute approximate surface area is 165 Å². The molecule has 0 aliphatic carbocycles. The second-order valence-corrected chi connectivity index (χ2v) is 8.33. The summed E-state index contributed by atoms with van der Waals surface area (Å²) in [6.07, 6.45) is 3.97. The van der Waals surface area contributed by atoms with Gasteiger partial charge < -0.3 is 4.52 Å². The molecular formula is C20H18N4OS2. The molecule has 4 aromatic rings. The fraction of sp³-hybridized carbons (Fsp3) is 0.200. The maximum absolute atomic E-state index is 5.37. The van der Waals surface area contributed by atoms with E-state index in [4.69, 9.17) is 9.51 Å². The van der Waals surface area contributed by atoms with Crippen LogP contribution in [0.25, 0.3) is 11.4 Å². The van der Waals surface area contributed by atoms with Gasteiger partial charge in [-0.15, -0.1) is 11.3 Å². The third-order valence-corrected chi connectivity index (χ3v) is 6.24. The molecule has 3 aromatic heterocycles. The van der Waals surface area contributed by atoms with Gasteiger partial charge in [-0.3, -0.25) is 4.98 Å². The molecule has 0 amide bonds. The lowest BCUT2D eigenvalue weighted by Crippen LogP contribution is -1.90. The van der Waals surface area contributed by atoms with Crippen molar-refractivity contribution >= 4 is 23.1 Å². The van der Waals surface area contributed by atoms with Gasteiger partial charge in [0.1, 0.15) is 4.34 Å². The second kappa shape index (κ2) is 8.02. The summed E-state index contributed by atoms with van der Waals surface area (Å²) in [5.74, 6) is 2.07. The lowest BCUT2D eigenvalue weighted by molar-refractivity contribution is 0.385. The number of rotatable bonds is 6. The highest BCUT2D eigenvalue weighted by molar-refractivity contribution is 8.00. The Morgan fingerprint density at radius 1 is 1.07 bits per heavy atom. The molecule has 0 fully saturated rings. The van der Waals surface area contributed by atoms with Crippen LogP contribution in [-0.2, 0) is 12.2 Å². The topological polar surface area (TPSA) is 64.7 Å². The van der Waals surface area contributed by atoms with Crippen molar-refractivity contribution in [2.75, 3.05) is 0 Å². The van der Waals surface area contributed by atoms with E-state index in [0.29, 0.717) is 18.1 Å². The fourth-order valence-electron chi connectivity index (χ4n) is 2.63. The van der Waals surface area contributed by atoms with Crippen molar-refractivity contribution in [2.24, 2.45) is 0 Å². The van der Waals surface area contributed by atoms with Gasteiger partial charge in [0.05, 0.1) is 12.1 Å². The van der Waals surface area contributed by atoms with Crippen LogP contribution >= 0.6 is 23.1 Å². The Hall–Kier alpha value is -2.51. The van der Waals surface area contributed by atoms with E-state index in [2.05, 4.69) is 52.6 Å². The number of hydrogen-bond acceptors (Lipinski definition) is 7. The molecule has 0 atom stereocenters. The Balaban J connectivity index is 1.40. The lowest BCUT2D eigenvalue weighted by atomic mass is 10.1. The first kappa shape index (κ1) is 17.9. The molecule has 1 aromatic carbocycles. The quantitative estimate of drug-likeness (QED) is 0.425. The third kappa shape index (κ3) is 4.43. The molecular weight excluding hydrogens is 376 g/mol. The van der Waals surface area contributed by atoms with Crippen molar-refractivity contribution in [1.82, 2.24) is 20.1 Å². The van der Waals surface area contributed by atoms with Crippen molar-refractivity contribution < 1.29 is 4.52 Å². The molecule has 0 radical (unpaired) electrons. The summed E-state index contributed by atoms with van der Waals surface area (Å²) < 4.78 is 6.42. The molecule has 0 aliphatic rings. The number of hydrogen-bond donors (Lipinski definition) is 0. The Bertz CT molecular complexity index is 1040. The number of nitrogens with zero attached hydrogens (tertiary/aromatic N) is 4. The number of thioether (sulfide) groups is 1. The fourth-order valence-corrected chi connectivity index (χ4v) is 4.54. The van der Waals surface area contributed by atoms with Crippen molar-refractivity contribution in [3.8, 4) is 11.4 Å². The minimum absolute atomic E-state index is 0.540. The van der Waals surface area contributed by atoms with Gasteiger partial charge in [-0.1, -0.05) is 40.7 Å². The van der Waals surface area contributed by atoms with Crippen LogP contribution in [0, 0.1) is 13.8 Å². The molecule has 0 N–H and O–H groups in total. The van der Waals surface area contributed by atoms with Crippen LogP contribution in [-0.4, -0.2) is 20.1 Å². The zero-order valence-electron chi connectivity index (χ0n) is 15.0. The predicted molar refractivity (Wildman–Crippen MR) is 108 cm³/mol. The van der Waals surface area contributed by atoms with Gasteiger partial charge in [0.15, 0.2) is 0 Å². The normalized spacial score (nSPS) is 11.0. The summed E-state index contributed by atoms with van der Waals surface area (Å²) in [5.41, 5.74) is 5.81. The Kier molecular flexibility index (Phi) is 5.31. The van der Waals surface area contributed by atoms with Crippen LogP contribution in [0.1, 0.15) is 28.3 Å². The first-order valence-electron chi connectivity index (χ1n) is 8.54. The van der Waals surface area contributed by atoms with Crippen molar-refractivity contribution in [1.29, 1.82) is 0 Å². The molecule has 0 aliphatic heterocycles. The molecule has 5 nitrogen and oxygen atoms in total. The van der Waals surface area contributed by atoms with E-state index in [1.165, 1.54) is 16.7 Å². The standard InChI is InChI=1S/C20H18N4OS2/c1-13-3-4-14(2)16(9-13)11-26-20-22-17(12-27-20)10-18-23-19(24-25-18)15-5-7-21-8-6-15/h3-9,12H,10-11H2,1-2H3. The molecule has 27 heavy (non-hydrogen) atoms. The van der Waals surface area contributed by atoms with Gasteiger partial charge in [0.25, 0.3) is 0 Å². The first-order chi connectivity index (χ1) is 13.2. The second-order valence-electron chi connectivity index (χ2n) is 6.25. The zero-order chi connectivity index (χ0) is 18.6. The van der Waals surface area contributed by atoms with Crippen LogP contribution in [0.15, 0.2) is 57.0 Å². The Morgan fingerprint density at radius 3 is 2.78 bits per heavy atom. The highest BCUT2D eigenvalue weighted by Crippen LogP contribution is 2.28. The number of thiazole rings is 1. The molecule has 0 saturated heterocycles.